The Hall–Kier alpha value is -2.23. The molecular weight excluding hydrogens is 363 g/mol. The smallest absolute Gasteiger partial charge is 0.372 e. The zero-order valence-electron chi connectivity index (χ0n) is 13.6. The Kier molecular flexibility index (Phi) is 6.52. The van der Waals surface area contributed by atoms with Crippen molar-refractivity contribution in [2.24, 2.45) is 5.92 Å². The van der Waals surface area contributed by atoms with Crippen molar-refractivity contribution >= 4 is 17.5 Å². The van der Waals surface area contributed by atoms with Gasteiger partial charge in [-0.15, -0.1) is 0 Å². The minimum absolute atomic E-state index is 0.0577. The van der Waals surface area contributed by atoms with E-state index in [1.807, 2.05) is 0 Å². The van der Waals surface area contributed by atoms with E-state index >= 15 is 0 Å². The Morgan fingerprint density at radius 1 is 1.31 bits per heavy atom. The predicted molar refractivity (Wildman–Crippen MR) is 81.3 cm³/mol. The number of ether oxygens (including phenoxy) is 1. The summed E-state index contributed by atoms with van der Waals surface area (Å²) < 4.78 is 66.8. The molecule has 1 aromatic carbocycles. The summed E-state index contributed by atoms with van der Waals surface area (Å²) in [5, 5.41) is 2.51. The number of halogens is 5. The Labute approximate surface area is 146 Å². The van der Waals surface area contributed by atoms with Crippen molar-refractivity contribution in [2.45, 2.75) is 19.0 Å². The summed E-state index contributed by atoms with van der Waals surface area (Å²) in [5.74, 6) is -3.33. The first-order valence-corrected chi connectivity index (χ1v) is 7.85. The first-order chi connectivity index (χ1) is 12.2. The second kappa shape index (κ2) is 8.43. The zero-order valence-corrected chi connectivity index (χ0v) is 13.6. The van der Waals surface area contributed by atoms with Crippen LogP contribution >= 0.6 is 0 Å². The molecule has 1 fully saturated rings. The zero-order chi connectivity index (χ0) is 19.3. The molecule has 1 heterocycles. The lowest BCUT2D eigenvalue weighted by Crippen LogP contribution is -2.34. The normalized spacial score (nSPS) is 17.7. The minimum atomic E-state index is -4.40. The van der Waals surface area contributed by atoms with Crippen molar-refractivity contribution in [1.82, 2.24) is 5.32 Å². The molecule has 1 saturated heterocycles. The van der Waals surface area contributed by atoms with Gasteiger partial charge in [-0.3, -0.25) is 9.59 Å². The highest BCUT2D eigenvalue weighted by Gasteiger charge is 2.36. The van der Waals surface area contributed by atoms with E-state index in [0.29, 0.717) is 6.07 Å². The van der Waals surface area contributed by atoms with Crippen molar-refractivity contribution < 1.29 is 36.3 Å². The Morgan fingerprint density at radius 3 is 2.69 bits per heavy atom. The second-order valence-corrected chi connectivity index (χ2v) is 5.81. The number of nitrogens with zero attached hydrogens (tertiary/aromatic N) is 1. The molecule has 0 aliphatic carbocycles. The number of rotatable bonds is 7. The van der Waals surface area contributed by atoms with Gasteiger partial charge in [-0.05, 0) is 18.6 Å². The fraction of sp³-hybridized carbons (Fsp3) is 0.500. The molecule has 0 spiro atoms. The summed E-state index contributed by atoms with van der Waals surface area (Å²) in [4.78, 5) is 25.1. The van der Waals surface area contributed by atoms with E-state index < -0.39 is 42.1 Å². The topological polar surface area (TPSA) is 58.6 Å². The summed E-state index contributed by atoms with van der Waals surface area (Å²) in [6.07, 6.45) is -4.35. The van der Waals surface area contributed by atoms with Crippen LogP contribution in [0.5, 0.6) is 0 Å². The van der Waals surface area contributed by atoms with Crippen LogP contribution in [0, 0.1) is 17.6 Å². The first kappa shape index (κ1) is 20.1. The standard InChI is InChI=1S/C16H17F5N2O3/c17-11-2-3-13(12(18)7-11)23-8-10(6-14(23)24)15(25)22-4-1-5-26-9-16(19,20)21/h2-3,7,10H,1,4-6,8-9H2,(H,22,25). The third kappa shape index (κ3) is 5.65. The lowest BCUT2D eigenvalue weighted by atomic mass is 10.1. The third-order valence-corrected chi connectivity index (χ3v) is 3.73. The Morgan fingerprint density at radius 2 is 2.04 bits per heavy atom. The molecule has 2 rings (SSSR count). The summed E-state index contributed by atoms with van der Waals surface area (Å²) >= 11 is 0. The molecule has 0 saturated carbocycles. The lowest BCUT2D eigenvalue weighted by Gasteiger charge is -2.17. The number of carbonyl (C=O) groups excluding carboxylic acids is 2. The van der Waals surface area contributed by atoms with Crippen molar-refractivity contribution in [3.8, 4) is 0 Å². The van der Waals surface area contributed by atoms with Gasteiger partial charge >= 0.3 is 6.18 Å². The number of alkyl halides is 3. The highest BCUT2D eigenvalue weighted by Crippen LogP contribution is 2.28. The highest BCUT2D eigenvalue weighted by atomic mass is 19.4. The van der Waals surface area contributed by atoms with Gasteiger partial charge in [-0.25, -0.2) is 8.78 Å². The number of benzene rings is 1. The monoisotopic (exact) mass is 380 g/mol. The maximum atomic E-state index is 13.8. The van der Waals surface area contributed by atoms with Gasteiger partial charge < -0.3 is 15.0 Å². The largest absolute Gasteiger partial charge is 0.411 e. The van der Waals surface area contributed by atoms with Crippen LogP contribution in [0.15, 0.2) is 18.2 Å². The molecular formula is C16H17F5N2O3. The predicted octanol–water partition coefficient (Wildman–Crippen LogP) is 2.40. The quantitative estimate of drug-likeness (QED) is 0.584. The average Bonchev–Trinajstić information content (AvgIpc) is 2.91. The van der Waals surface area contributed by atoms with E-state index in [1.54, 1.807) is 0 Å². The number of hydrogen-bond donors (Lipinski definition) is 1. The number of amides is 2. The third-order valence-electron chi connectivity index (χ3n) is 3.73. The molecule has 1 aliphatic heterocycles. The van der Waals surface area contributed by atoms with Crippen LogP contribution in [0.4, 0.5) is 27.6 Å². The molecule has 144 valence electrons. The van der Waals surface area contributed by atoms with E-state index in [-0.39, 0.29) is 38.2 Å². The molecule has 10 heteroatoms. The van der Waals surface area contributed by atoms with Crippen LogP contribution in [0.25, 0.3) is 0 Å². The summed E-state index contributed by atoms with van der Waals surface area (Å²) in [6.45, 7) is -1.49. The second-order valence-electron chi connectivity index (χ2n) is 5.81. The van der Waals surface area contributed by atoms with Gasteiger partial charge in [0.1, 0.15) is 18.2 Å². The molecule has 1 unspecified atom stereocenters. The van der Waals surface area contributed by atoms with Crippen LogP contribution in [-0.2, 0) is 14.3 Å². The SMILES string of the molecule is O=C(NCCCOCC(F)(F)F)C1CC(=O)N(c2ccc(F)cc2F)C1. The number of anilines is 1. The van der Waals surface area contributed by atoms with E-state index in [9.17, 15) is 31.5 Å². The van der Waals surface area contributed by atoms with Gasteiger partial charge in [0.15, 0.2) is 0 Å². The number of carbonyl (C=O) groups is 2. The minimum Gasteiger partial charge on any atom is -0.372 e. The van der Waals surface area contributed by atoms with Crippen LogP contribution in [0.3, 0.4) is 0 Å². The van der Waals surface area contributed by atoms with E-state index in [1.165, 1.54) is 0 Å². The van der Waals surface area contributed by atoms with Crippen molar-refractivity contribution in [2.75, 3.05) is 31.2 Å². The lowest BCUT2D eigenvalue weighted by molar-refractivity contribution is -0.174. The number of hydrogen-bond acceptors (Lipinski definition) is 3. The fourth-order valence-electron chi connectivity index (χ4n) is 2.53. The Balaban J connectivity index is 1.78. The van der Waals surface area contributed by atoms with E-state index in [4.69, 9.17) is 0 Å². The van der Waals surface area contributed by atoms with Gasteiger partial charge in [0.2, 0.25) is 11.8 Å². The van der Waals surface area contributed by atoms with Crippen LogP contribution in [0.2, 0.25) is 0 Å². The molecule has 1 atom stereocenters. The maximum Gasteiger partial charge on any atom is 0.411 e. The van der Waals surface area contributed by atoms with Gasteiger partial charge in [-0.2, -0.15) is 13.2 Å². The van der Waals surface area contributed by atoms with E-state index in [0.717, 1.165) is 17.0 Å². The fourth-order valence-corrected chi connectivity index (χ4v) is 2.53. The number of nitrogens with one attached hydrogen (secondary N) is 1. The molecule has 1 aliphatic rings. The maximum absolute atomic E-state index is 13.8. The highest BCUT2D eigenvalue weighted by molar-refractivity contribution is 6.00. The van der Waals surface area contributed by atoms with E-state index in [2.05, 4.69) is 10.1 Å². The van der Waals surface area contributed by atoms with Crippen molar-refractivity contribution in [3.05, 3.63) is 29.8 Å². The Bertz CT molecular complexity index is 666. The average molecular weight is 380 g/mol. The molecule has 1 N–H and O–H groups in total. The molecule has 2 amide bonds. The summed E-state index contributed by atoms with van der Waals surface area (Å²) in [6, 6.07) is 2.79. The first-order valence-electron chi connectivity index (χ1n) is 7.85. The van der Waals surface area contributed by atoms with Crippen LogP contribution < -0.4 is 10.2 Å². The van der Waals surface area contributed by atoms with Crippen molar-refractivity contribution in [1.29, 1.82) is 0 Å². The molecule has 0 bridgehead atoms. The molecule has 0 aromatic heterocycles. The molecule has 0 radical (unpaired) electrons. The van der Waals surface area contributed by atoms with Gasteiger partial charge in [0.25, 0.3) is 0 Å². The summed E-state index contributed by atoms with van der Waals surface area (Å²) in [7, 11) is 0. The molecule has 1 aromatic rings. The molecule has 5 nitrogen and oxygen atoms in total. The molecule has 26 heavy (non-hydrogen) atoms. The van der Waals surface area contributed by atoms with Gasteiger partial charge in [0.05, 0.1) is 11.6 Å². The van der Waals surface area contributed by atoms with Crippen LogP contribution in [-0.4, -0.2) is 44.3 Å². The van der Waals surface area contributed by atoms with Gasteiger partial charge in [-0.1, -0.05) is 0 Å². The van der Waals surface area contributed by atoms with Gasteiger partial charge in [0, 0.05) is 32.2 Å². The van der Waals surface area contributed by atoms with Crippen molar-refractivity contribution in [3.63, 3.8) is 0 Å². The summed E-state index contributed by atoms with van der Waals surface area (Å²) in [5.41, 5.74) is -0.104. The van der Waals surface area contributed by atoms with Crippen LogP contribution in [0.1, 0.15) is 12.8 Å².